The van der Waals surface area contributed by atoms with Gasteiger partial charge in [-0.25, -0.2) is 4.98 Å². The second-order valence-corrected chi connectivity index (χ2v) is 6.92. The number of allylic oxidation sites excluding steroid dienone is 4. The van der Waals surface area contributed by atoms with Crippen LogP contribution in [0.5, 0.6) is 0 Å². The number of nitrogens with zero attached hydrogens (tertiary/aromatic N) is 3. The standard InChI is InChI=1S/C19H27N5OS/c1-5-8-16(6-2)24(4)21-11-14(3)19-23-17(13-26-19)18(25)22-15-9-7-10-20-12-15/h5-6,8,11,13,15,20H,3,7,9-10,12H2,1-2,4H3,(H,22,25)/b8-5-,16-6+,21-11-. The fraction of sp³-hybridized carbons (Fsp3) is 0.421. The van der Waals surface area contributed by atoms with Gasteiger partial charge in [0.15, 0.2) is 0 Å². The van der Waals surface area contributed by atoms with Crippen LogP contribution in [-0.4, -0.2) is 48.3 Å². The fourth-order valence-corrected chi connectivity index (χ4v) is 3.34. The highest BCUT2D eigenvalue weighted by Crippen LogP contribution is 2.17. The van der Waals surface area contributed by atoms with E-state index in [1.165, 1.54) is 11.3 Å². The number of nitrogens with one attached hydrogen (secondary N) is 2. The van der Waals surface area contributed by atoms with Crippen LogP contribution >= 0.6 is 11.3 Å². The van der Waals surface area contributed by atoms with Crippen molar-refractivity contribution in [3.63, 3.8) is 0 Å². The van der Waals surface area contributed by atoms with Gasteiger partial charge in [0.2, 0.25) is 0 Å². The summed E-state index contributed by atoms with van der Waals surface area (Å²) in [6, 6.07) is 0.172. The van der Waals surface area contributed by atoms with E-state index in [-0.39, 0.29) is 11.9 Å². The van der Waals surface area contributed by atoms with Crippen LogP contribution < -0.4 is 10.6 Å². The normalized spacial score (nSPS) is 18.4. The zero-order valence-corrected chi connectivity index (χ0v) is 16.5. The second-order valence-electron chi connectivity index (χ2n) is 6.06. The maximum absolute atomic E-state index is 12.3. The number of thiazole rings is 1. The van der Waals surface area contributed by atoms with E-state index in [1.54, 1.807) is 16.6 Å². The van der Waals surface area contributed by atoms with Crippen molar-refractivity contribution in [2.45, 2.75) is 32.7 Å². The van der Waals surface area contributed by atoms with Gasteiger partial charge in [-0.2, -0.15) is 5.10 Å². The first-order chi connectivity index (χ1) is 12.5. The van der Waals surface area contributed by atoms with E-state index in [4.69, 9.17) is 0 Å². The van der Waals surface area contributed by atoms with Gasteiger partial charge < -0.3 is 10.6 Å². The lowest BCUT2D eigenvalue weighted by atomic mass is 10.1. The quantitative estimate of drug-likeness (QED) is 0.438. The Morgan fingerprint density at radius 1 is 1.54 bits per heavy atom. The van der Waals surface area contributed by atoms with Crippen LogP contribution in [0.3, 0.4) is 0 Å². The predicted molar refractivity (Wildman–Crippen MR) is 109 cm³/mol. The molecule has 0 spiro atoms. The number of aromatic nitrogens is 1. The minimum absolute atomic E-state index is 0.132. The maximum Gasteiger partial charge on any atom is 0.271 e. The Morgan fingerprint density at radius 2 is 2.35 bits per heavy atom. The summed E-state index contributed by atoms with van der Waals surface area (Å²) in [5.41, 5.74) is 2.09. The Bertz CT molecular complexity index is 713. The van der Waals surface area contributed by atoms with Crippen molar-refractivity contribution in [3.8, 4) is 0 Å². The number of hydrazone groups is 1. The summed E-state index contributed by atoms with van der Waals surface area (Å²) in [6.07, 6.45) is 9.66. The number of carbonyl (C=O) groups is 1. The third-order valence-corrected chi connectivity index (χ3v) is 4.96. The van der Waals surface area contributed by atoms with E-state index in [9.17, 15) is 4.79 Å². The number of carbonyl (C=O) groups excluding carboxylic acids is 1. The Morgan fingerprint density at radius 3 is 3.00 bits per heavy atom. The third kappa shape index (κ3) is 5.64. The molecule has 1 aromatic rings. The summed E-state index contributed by atoms with van der Waals surface area (Å²) >= 11 is 1.40. The molecule has 1 aliphatic heterocycles. The summed E-state index contributed by atoms with van der Waals surface area (Å²) in [5.74, 6) is -0.132. The molecule has 1 atom stereocenters. The molecule has 0 bridgehead atoms. The number of amides is 1. The number of piperidine rings is 1. The van der Waals surface area contributed by atoms with Gasteiger partial charge in [0.25, 0.3) is 5.91 Å². The third-order valence-electron chi connectivity index (χ3n) is 4.04. The maximum atomic E-state index is 12.3. The van der Waals surface area contributed by atoms with Gasteiger partial charge in [-0.1, -0.05) is 18.7 Å². The first-order valence-corrected chi connectivity index (χ1v) is 9.66. The molecule has 0 aliphatic carbocycles. The van der Waals surface area contributed by atoms with E-state index >= 15 is 0 Å². The van der Waals surface area contributed by atoms with Crippen molar-refractivity contribution < 1.29 is 4.79 Å². The van der Waals surface area contributed by atoms with Crippen LogP contribution in [0.2, 0.25) is 0 Å². The van der Waals surface area contributed by atoms with Gasteiger partial charge in [-0.3, -0.25) is 9.80 Å². The minimum Gasteiger partial charge on any atom is -0.347 e. The zero-order valence-electron chi connectivity index (χ0n) is 15.7. The van der Waals surface area contributed by atoms with Crippen molar-refractivity contribution in [2.75, 3.05) is 20.1 Å². The molecule has 1 unspecified atom stereocenters. The largest absolute Gasteiger partial charge is 0.347 e. The highest BCUT2D eigenvalue weighted by Gasteiger charge is 2.18. The van der Waals surface area contributed by atoms with Crippen molar-refractivity contribution in [1.82, 2.24) is 20.6 Å². The molecule has 1 amide bonds. The molecule has 7 heteroatoms. The van der Waals surface area contributed by atoms with Gasteiger partial charge >= 0.3 is 0 Å². The molecule has 6 nitrogen and oxygen atoms in total. The van der Waals surface area contributed by atoms with E-state index in [1.807, 2.05) is 39.1 Å². The molecule has 140 valence electrons. The van der Waals surface area contributed by atoms with Crippen LogP contribution in [0.25, 0.3) is 5.57 Å². The minimum atomic E-state index is -0.132. The average molecular weight is 374 g/mol. The highest BCUT2D eigenvalue weighted by atomic mass is 32.1. The Hall–Kier alpha value is -2.25. The van der Waals surface area contributed by atoms with Crippen molar-refractivity contribution in [3.05, 3.63) is 46.6 Å². The highest BCUT2D eigenvalue weighted by molar-refractivity contribution is 7.11. The summed E-state index contributed by atoms with van der Waals surface area (Å²) in [6.45, 7) is 9.77. The molecule has 1 fully saturated rings. The van der Waals surface area contributed by atoms with E-state index < -0.39 is 0 Å². The number of rotatable bonds is 7. The average Bonchev–Trinajstić information content (AvgIpc) is 3.15. The number of hydrogen-bond acceptors (Lipinski definition) is 6. The summed E-state index contributed by atoms with van der Waals surface area (Å²) < 4.78 is 0. The van der Waals surface area contributed by atoms with Gasteiger partial charge in [-0.15, -0.1) is 11.3 Å². The molecular formula is C19H27N5OS. The van der Waals surface area contributed by atoms with E-state index in [0.717, 1.165) is 31.6 Å². The lowest BCUT2D eigenvalue weighted by Crippen LogP contribution is -2.45. The van der Waals surface area contributed by atoms with Gasteiger partial charge in [0, 0.05) is 30.6 Å². The topological polar surface area (TPSA) is 69.6 Å². The predicted octanol–water partition coefficient (Wildman–Crippen LogP) is 3.04. The summed E-state index contributed by atoms with van der Waals surface area (Å²) in [4.78, 5) is 16.7. The van der Waals surface area contributed by atoms with Crippen molar-refractivity contribution in [2.24, 2.45) is 5.10 Å². The van der Waals surface area contributed by atoms with Gasteiger partial charge in [0.05, 0.1) is 11.9 Å². The molecule has 1 aromatic heterocycles. The molecular weight excluding hydrogens is 346 g/mol. The first kappa shape index (κ1) is 20.1. The molecule has 0 saturated carbocycles. The van der Waals surface area contributed by atoms with Crippen LogP contribution in [0.15, 0.2) is 41.0 Å². The molecule has 1 aliphatic rings. The van der Waals surface area contributed by atoms with Crippen molar-refractivity contribution >= 4 is 29.0 Å². The van der Waals surface area contributed by atoms with Crippen LogP contribution in [-0.2, 0) is 0 Å². The SMILES string of the molecule is C=C(/C=N\N(C)C(/C=C\C)=C/C)c1nc(C(=O)NC2CCCNC2)cs1. The summed E-state index contributed by atoms with van der Waals surface area (Å²) in [5, 5.41) is 14.9. The molecule has 2 rings (SSSR count). The molecule has 0 radical (unpaired) electrons. The lowest BCUT2D eigenvalue weighted by Gasteiger charge is -2.23. The smallest absolute Gasteiger partial charge is 0.271 e. The molecule has 2 heterocycles. The van der Waals surface area contributed by atoms with Crippen molar-refractivity contribution in [1.29, 1.82) is 0 Å². The fourth-order valence-electron chi connectivity index (χ4n) is 2.60. The molecule has 1 saturated heterocycles. The molecule has 2 N–H and O–H groups in total. The van der Waals surface area contributed by atoms with Crippen LogP contribution in [0.4, 0.5) is 0 Å². The number of hydrogen-bond donors (Lipinski definition) is 2. The lowest BCUT2D eigenvalue weighted by molar-refractivity contribution is 0.0926. The zero-order chi connectivity index (χ0) is 18.9. The van der Waals surface area contributed by atoms with Gasteiger partial charge in [-0.05, 0) is 39.3 Å². The summed E-state index contributed by atoms with van der Waals surface area (Å²) in [7, 11) is 1.87. The van der Waals surface area contributed by atoms with Crippen LogP contribution in [0.1, 0.15) is 42.2 Å². The second kappa shape index (κ2) is 10.0. The first-order valence-electron chi connectivity index (χ1n) is 8.78. The van der Waals surface area contributed by atoms with E-state index in [2.05, 4.69) is 27.3 Å². The Labute approximate surface area is 159 Å². The van der Waals surface area contributed by atoms with Crippen LogP contribution in [0, 0.1) is 0 Å². The Kier molecular flexibility index (Phi) is 7.74. The molecule has 26 heavy (non-hydrogen) atoms. The van der Waals surface area contributed by atoms with E-state index in [0.29, 0.717) is 16.3 Å². The molecule has 0 aromatic carbocycles. The number of likely N-dealkylation sites (N-methyl/N-ethyl adjacent to an activating group) is 1. The monoisotopic (exact) mass is 373 g/mol. The Balaban J connectivity index is 1.96. The van der Waals surface area contributed by atoms with Gasteiger partial charge in [0.1, 0.15) is 10.7 Å².